The maximum absolute atomic E-state index is 12.2. The van der Waals surface area contributed by atoms with Crippen molar-refractivity contribution < 1.29 is 9.90 Å². The van der Waals surface area contributed by atoms with Crippen LogP contribution in [0, 0.1) is 40.4 Å². The van der Waals surface area contributed by atoms with E-state index in [0.29, 0.717) is 29.0 Å². The maximum atomic E-state index is 12.2. The topological polar surface area (TPSA) is 37.3 Å². The van der Waals surface area contributed by atoms with Crippen LogP contribution in [0.1, 0.15) is 78.6 Å². The van der Waals surface area contributed by atoms with Crippen molar-refractivity contribution in [3.8, 4) is 0 Å². The Morgan fingerprint density at radius 3 is 2.43 bits per heavy atom. The van der Waals surface area contributed by atoms with Crippen molar-refractivity contribution in [3.05, 3.63) is 0 Å². The second-order valence-electron chi connectivity index (χ2n) is 9.83. The Hall–Kier alpha value is -0.370. The molecule has 23 heavy (non-hydrogen) atoms. The van der Waals surface area contributed by atoms with Gasteiger partial charge >= 0.3 is 0 Å². The Balaban J connectivity index is 1.68. The molecule has 8 atom stereocenters. The molecule has 0 aliphatic heterocycles. The molecule has 0 aromatic carbocycles. The Morgan fingerprint density at radius 1 is 0.957 bits per heavy atom. The predicted molar refractivity (Wildman–Crippen MR) is 91.9 cm³/mol. The first-order valence-corrected chi connectivity index (χ1v) is 10.1. The summed E-state index contributed by atoms with van der Waals surface area (Å²) >= 11 is 0. The number of carbonyl (C=O) groups excluding carboxylic acids is 1. The molecule has 4 aliphatic rings. The zero-order chi connectivity index (χ0) is 16.4. The number of carbonyl (C=O) groups is 1. The lowest BCUT2D eigenvalue weighted by molar-refractivity contribution is -0.164. The highest BCUT2D eigenvalue weighted by molar-refractivity contribution is 5.79. The van der Waals surface area contributed by atoms with Crippen LogP contribution in [-0.2, 0) is 4.79 Å². The summed E-state index contributed by atoms with van der Waals surface area (Å²) in [6.07, 6.45) is 11.0. The average molecular weight is 319 g/mol. The Labute approximate surface area is 141 Å². The minimum atomic E-state index is -0.119. The van der Waals surface area contributed by atoms with Gasteiger partial charge in [0.05, 0.1) is 6.10 Å². The molecule has 4 aliphatic carbocycles. The lowest BCUT2D eigenvalue weighted by Gasteiger charge is -2.61. The maximum Gasteiger partial charge on any atom is 0.133 e. The molecule has 4 fully saturated rings. The first-order valence-electron chi connectivity index (χ1n) is 10.1. The van der Waals surface area contributed by atoms with E-state index in [0.717, 1.165) is 18.8 Å². The Bertz CT molecular complexity index is 500. The van der Waals surface area contributed by atoms with Crippen LogP contribution in [-0.4, -0.2) is 17.0 Å². The molecule has 0 aromatic heterocycles. The van der Waals surface area contributed by atoms with Gasteiger partial charge in [-0.3, -0.25) is 4.79 Å². The first kappa shape index (κ1) is 16.1. The van der Waals surface area contributed by atoms with Crippen LogP contribution >= 0.6 is 0 Å². The van der Waals surface area contributed by atoms with Gasteiger partial charge in [-0.15, -0.1) is 0 Å². The van der Waals surface area contributed by atoms with Gasteiger partial charge in [0.15, 0.2) is 0 Å². The molecule has 1 N–H and O–H groups in total. The number of rotatable bonds is 1. The number of Topliss-reactive ketones (excluding diaryl/α,β-unsaturated/α-hetero) is 1. The molecule has 130 valence electrons. The highest BCUT2D eigenvalue weighted by Gasteiger charge is 2.62. The molecule has 0 saturated heterocycles. The van der Waals surface area contributed by atoms with Crippen LogP contribution < -0.4 is 0 Å². The van der Waals surface area contributed by atoms with Crippen LogP contribution in [0.2, 0.25) is 0 Å². The SMILES string of the molecule is CC(=O)[C@H]1CC[C@H]2[C@@H]3[C@H](O)CC4CCCC[C@]4(C)[C@H]3CC[C@]12C. The monoisotopic (exact) mass is 318 g/mol. The van der Waals surface area contributed by atoms with Crippen LogP contribution in [0.15, 0.2) is 0 Å². The van der Waals surface area contributed by atoms with Crippen LogP contribution in [0.4, 0.5) is 0 Å². The molecular weight excluding hydrogens is 284 g/mol. The second kappa shape index (κ2) is 5.31. The minimum absolute atomic E-state index is 0.119. The number of hydrogen-bond donors (Lipinski definition) is 1. The summed E-state index contributed by atoms with van der Waals surface area (Å²) in [4.78, 5) is 12.2. The van der Waals surface area contributed by atoms with E-state index in [4.69, 9.17) is 0 Å². The molecule has 0 heterocycles. The van der Waals surface area contributed by atoms with Gasteiger partial charge in [0.2, 0.25) is 0 Å². The summed E-state index contributed by atoms with van der Waals surface area (Å²) in [6, 6.07) is 0. The molecule has 4 rings (SSSR count). The summed E-state index contributed by atoms with van der Waals surface area (Å²) in [7, 11) is 0. The summed E-state index contributed by atoms with van der Waals surface area (Å²) in [6.45, 7) is 6.70. The van der Waals surface area contributed by atoms with Crippen molar-refractivity contribution in [1.82, 2.24) is 0 Å². The zero-order valence-corrected chi connectivity index (χ0v) is 15.2. The molecular formula is C21H34O2. The van der Waals surface area contributed by atoms with Gasteiger partial charge in [-0.1, -0.05) is 26.7 Å². The van der Waals surface area contributed by atoms with Crippen molar-refractivity contribution >= 4 is 5.78 Å². The van der Waals surface area contributed by atoms with Crippen molar-refractivity contribution in [2.24, 2.45) is 40.4 Å². The van der Waals surface area contributed by atoms with E-state index >= 15 is 0 Å². The van der Waals surface area contributed by atoms with E-state index < -0.39 is 0 Å². The highest BCUT2D eigenvalue weighted by atomic mass is 16.3. The van der Waals surface area contributed by atoms with Crippen LogP contribution in [0.3, 0.4) is 0 Å². The van der Waals surface area contributed by atoms with Gasteiger partial charge in [-0.05, 0) is 86.4 Å². The van der Waals surface area contributed by atoms with Crippen molar-refractivity contribution in [3.63, 3.8) is 0 Å². The molecule has 0 aromatic rings. The molecule has 0 spiro atoms. The minimum Gasteiger partial charge on any atom is -0.393 e. The molecule has 0 amide bonds. The number of hydrogen-bond acceptors (Lipinski definition) is 2. The van der Waals surface area contributed by atoms with E-state index in [2.05, 4.69) is 13.8 Å². The fourth-order valence-corrected chi connectivity index (χ4v) is 7.92. The second-order valence-corrected chi connectivity index (χ2v) is 9.83. The third-order valence-corrected chi connectivity index (χ3v) is 9.09. The first-order chi connectivity index (χ1) is 10.9. The number of ketones is 1. The fraction of sp³-hybridized carbons (Fsp3) is 0.952. The average Bonchev–Trinajstić information content (AvgIpc) is 2.85. The van der Waals surface area contributed by atoms with Crippen molar-refractivity contribution in [1.29, 1.82) is 0 Å². The van der Waals surface area contributed by atoms with Gasteiger partial charge < -0.3 is 5.11 Å². The molecule has 2 nitrogen and oxygen atoms in total. The Kier molecular flexibility index (Phi) is 3.72. The zero-order valence-electron chi connectivity index (χ0n) is 15.2. The molecule has 4 saturated carbocycles. The van der Waals surface area contributed by atoms with Gasteiger partial charge in [-0.25, -0.2) is 0 Å². The molecule has 1 unspecified atom stereocenters. The summed E-state index contributed by atoms with van der Waals surface area (Å²) < 4.78 is 0. The van der Waals surface area contributed by atoms with E-state index in [-0.39, 0.29) is 17.4 Å². The van der Waals surface area contributed by atoms with Gasteiger partial charge in [0.1, 0.15) is 5.78 Å². The predicted octanol–water partition coefficient (Wildman–Crippen LogP) is 4.60. The van der Waals surface area contributed by atoms with E-state index in [1.807, 2.05) is 0 Å². The molecule has 2 heteroatoms. The van der Waals surface area contributed by atoms with Crippen LogP contribution in [0.25, 0.3) is 0 Å². The standard InChI is InChI=1S/C21H34O2/c1-13(22)15-7-8-16-19-17(9-11-21(15,16)3)20(2)10-5-4-6-14(20)12-18(19)23/h14-19,23H,4-12H2,1-3H3/t14?,15-,16+,17+,18-,19+,20+,21-/m1/s1. The number of aliphatic hydroxyl groups excluding tert-OH is 1. The number of fused-ring (bicyclic) bond motifs is 5. The fourth-order valence-electron chi connectivity index (χ4n) is 7.92. The number of aliphatic hydroxyl groups is 1. The molecule has 0 radical (unpaired) electrons. The van der Waals surface area contributed by atoms with Crippen molar-refractivity contribution in [2.75, 3.05) is 0 Å². The summed E-state index contributed by atoms with van der Waals surface area (Å²) in [5.74, 6) is 3.10. The lowest BCUT2D eigenvalue weighted by Crippen LogP contribution is -2.57. The summed E-state index contributed by atoms with van der Waals surface area (Å²) in [5.41, 5.74) is 0.615. The van der Waals surface area contributed by atoms with Gasteiger partial charge in [0.25, 0.3) is 0 Å². The highest BCUT2D eigenvalue weighted by Crippen LogP contribution is 2.67. The smallest absolute Gasteiger partial charge is 0.133 e. The third kappa shape index (κ3) is 2.12. The Morgan fingerprint density at radius 2 is 1.70 bits per heavy atom. The quantitative estimate of drug-likeness (QED) is 0.767. The van der Waals surface area contributed by atoms with Gasteiger partial charge in [-0.2, -0.15) is 0 Å². The van der Waals surface area contributed by atoms with Crippen molar-refractivity contribution in [2.45, 2.75) is 84.7 Å². The van der Waals surface area contributed by atoms with Gasteiger partial charge in [0, 0.05) is 5.92 Å². The molecule has 0 bridgehead atoms. The lowest BCUT2D eigenvalue weighted by atomic mass is 9.44. The van der Waals surface area contributed by atoms with Crippen LogP contribution in [0.5, 0.6) is 0 Å². The van der Waals surface area contributed by atoms with E-state index in [9.17, 15) is 9.90 Å². The van der Waals surface area contributed by atoms with E-state index in [1.165, 1.54) is 44.9 Å². The van der Waals surface area contributed by atoms with E-state index in [1.54, 1.807) is 6.92 Å². The third-order valence-electron chi connectivity index (χ3n) is 9.09. The summed E-state index contributed by atoms with van der Waals surface area (Å²) in [5, 5.41) is 11.1. The largest absolute Gasteiger partial charge is 0.393 e. The normalized spacial score (nSPS) is 55.7.